The van der Waals surface area contributed by atoms with Crippen LogP contribution in [0.3, 0.4) is 0 Å². The molecule has 0 radical (unpaired) electrons. The van der Waals surface area contributed by atoms with E-state index in [1.165, 1.54) is 12.8 Å². The number of cyclic esters (lactones) is 1. The SMILES string of the molecule is C=C[C@H]1OC(=O)CO[C@@H]1CCCCC. The van der Waals surface area contributed by atoms with E-state index in [0.29, 0.717) is 0 Å². The molecule has 1 rings (SSSR count). The molecule has 0 amide bonds. The molecule has 0 aromatic rings. The number of esters is 1. The van der Waals surface area contributed by atoms with Gasteiger partial charge in [0.05, 0.1) is 6.10 Å². The second-order valence-electron chi connectivity index (χ2n) is 3.54. The van der Waals surface area contributed by atoms with Crippen molar-refractivity contribution in [3.05, 3.63) is 12.7 Å². The largest absolute Gasteiger partial charge is 0.454 e. The summed E-state index contributed by atoms with van der Waals surface area (Å²) in [4.78, 5) is 10.9. The second-order valence-corrected chi connectivity index (χ2v) is 3.54. The van der Waals surface area contributed by atoms with E-state index in [0.717, 1.165) is 12.8 Å². The first-order chi connectivity index (χ1) is 6.77. The predicted molar refractivity (Wildman–Crippen MR) is 54.0 cm³/mol. The topological polar surface area (TPSA) is 35.5 Å². The van der Waals surface area contributed by atoms with Crippen LogP contribution >= 0.6 is 0 Å². The Labute approximate surface area is 85.1 Å². The van der Waals surface area contributed by atoms with Gasteiger partial charge in [0, 0.05) is 0 Å². The van der Waals surface area contributed by atoms with Gasteiger partial charge in [0.1, 0.15) is 12.7 Å². The average Bonchev–Trinajstić information content (AvgIpc) is 2.20. The molecule has 0 N–H and O–H groups in total. The molecule has 0 aromatic heterocycles. The molecule has 1 heterocycles. The maximum absolute atomic E-state index is 10.9. The molecule has 0 bridgehead atoms. The fourth-order valence-corrected chi connectivity index (χ4v) is 1.57. The minimum atomic E-state index is -0.290. The summed E-state index contributed by atoms with van der Waals surface area (Å²) >= 11 is 0. The number of ether oxygens (including phenoxy) is 2. The molecule has 3 heteroatoms. The van der Waals surface area contributed by atoms with Gasteiger partial charge in [-0.2, -0.15) is 0 Å². The van der Waals surface area contributed by atoms with Crippen LogP contribution in [0.4, 0.5) is 0 Å². The Kier molecular flexibility index (Phi) is 4.66. The summed E-state index contributed by atoms with van der Waals surface area (Å²) in [6.45, 7) is 5.88. The fraction of sp³-hybridized carbons (Fsp3) is 0.727. The van der Waals surface area contributed by atoms with E-state index in [4.69, 9.17) is 9.47 Å². The van der Waals surface area contributed by atoms with Crippen LogP contribution in [0.5, 0.6) is 0 Å². The molecule has 2 atom stereocenters. The van der Waals surface area contributed by atoms with Crippen LogP contribution in [0.25, 0.3) is 0 Å². The number of unbranched alkanes of at least 4 members (excludes halogenated alkanes) is 2. The molecule has 0 unspecified atom stereocenters. The van der Waals surface area contributed by atoms with Crippen molar-refractivity contribution in [1.82, 2.24) is 0 Å². The Bertz CT molecular complexity index is 201. The Morgan fingerprint density at radius 1 is 1.57 bits per heavy atom. The van der Waals surface area contributed by atoms with Crippen molar-refractivity contribution in [1.29, 1.82) is 0 Å². The first-order valence-corrected chi connectivity index (χ1v) is 5.21. The first-order valence-electron chi connectivity index (χ1n) is 5.21. The normalized spacial score (nSPS) is 27.1. The Morgan fingerprint density at radius 2 is 2.36 bits per heavy atom. The van der Waals surface area contributed by atoms with Crippen molar-refractivity contribution in [3.8, 4) is 0 Å². The minimum Gasteiger partial charge on any atom is -0.454 e. The maximum atomic E-state index is 10.9. The first kappa shape index (κ1) is 11.2. The molecule has 1 saturated heterocycles. The summed E-state index contributed by atoms with van der Waals surface area (Å²) < 4.78 is 10.5. The molecular weight excluding hydrogens is 180 g/mol. The van der Waals surface area contributed by atoms with Gasteiger partial charge in [-0.25, -0.2) is 4.79 Å². The van der Waals surface area contributed by atoms with Crippen LogP contribution in [0.15, 0.2) is 12.7 Å². The lowest BCUT2D eigenvalue weighted by atomic mass is 10.1. The molecule has 0 aliphatic carbocycles. The van der Waals surface area contributed by atoms with E-state index >= 15 is 0 Å². The molecule has 1 aliphatic rings. The zero-order valence-electron chi connectivity index (χ0n) is 8.70. The summed E-state index contributed by atoms with van der Waals surface area (Å²) in [7, 11) is 0. The summed E-state index contributed by atoms with van der Waals surface area (Å²) in [5.41, 5.74) is 0. The van der Waals surface area contributed by atoms with Crippen molar-refractivity contribution in [2.75, 3.05) is 6.61 Å². The van der Waals surface area contributed by atoms with E-state index in [1.54, 1.807) is 6.08 Å². The number of carbonyl (C=O) groups is 1. The van der Waals surface area contributed by atoms with E-state index < -0.39 is 0 Å². The van der Waals surface area contributed by atoms with Crippen LogP contribution in [-0.2, 0) is 14.3 Å². The standard InChI is InChI=1S/C11H18O3/c1-3-5-6-7-10-9(4-2)14-11(12)8-13-10/h4,9-10H,2-3,5-8H2,1H3/t9-,10-/m1/s1. The number of rotatable bonds is 5. The van der Waals surface area contributed by atoms with E-state index in [1.807, 2.05) is 0 Å². The van der Waals surface area contributed by atoms with Gasteiger partial charge in [0.15, 0.2) is 0 Å². The lowest BCUT2D eigenvalue weighted by Crippen LogP contribution is -2.39. The molecule has 0 spiro atoms. The average molecular weight is 198 g/mol. The highest BCUT2D eigenvalue weighted by molar-refractivity contribution is 5.71. The monoisotopic (exact) mass is 198 g/mol. The van der Waals surface area contributed by atoms with Crippen LogP contribution in [0.1, 0.15) is 32.6 Å². The van der Waals surface area contributed by atoms with Crippen LogP contribution in [0.2, 0.25) is 0 Å². The van der Waals surface area contributed by atoms with Crippen molar-refractivity contribution in [3.63, 3.8) is 0 Å². The third kappa shape index (κ3) is 3.14. The van der Waals surface area contributed by atoms with E-state index in [9.17, 15) is 4.79 Å². The fourth-order valence-electron chi connectivity index (χ4n) is 1.57. The molecule has 3 nitrogen and oxygen atoms in total. The van der Waals surface area contributed by atoms with Gasteiger partial charge in [0.25, 0.3) is 0 Å². The smallest absolute Gasteiger partial charge is 0.332 e. The molecule has 1 fully saturated rings. The summed E-state index contributed by atoms with van der Waals surface area (Å²) in [6.07, 6.45) is 5.84. The molecular formula is C11H18O3. The lowest BCUT2D eigenvalue weighted by molar-refractivity contribution is -0.177. The molecule has 1 aliphatic heterocycles. The van der Waals surface area contributed by atoms with Crippen molar-refractivity contribution >= 4 is 5.97 Å². The highest BCUT2D eigenvalue weighted by atomic mass is 16.6. The van der Waals surface area contributed by atoms with Crippen LogP contribution in [-0.4, -0.2) is 24.8 Å². The highest BCUT2D eigenvalue weighted by Crippen LogP contribution is 2.18. The number of carbonyl (C=O) groups excluding carboxylic acids is 1. The minimum absolute atomic E-state index is 0.0109. The summed E-state index contributed by atoms with van der Waals surface area (Å²) in [5, 5.41) is 0. The van der Waals surface area contributed by atoms with E-state index in [-0.39, 0.29) is 24.8 Å². The van der Waals surface area contributed by atoms with Crippen LogP contribution in [0, 0.1) is 0 Å². The molecule has 0 aromatic carbocycles. The van der Waals surface area contributed by atoms with Gasteiger partial charge in [-0.15, -0.1) is 0 Å². The summed E-state index contributed by atoms with van der Waals surface area (Å²) in [5.74, 6) is -0.290. The maximum Gasteiger partial charge on any atom is 0.332 e. The zero-order valence-corrected chi connectivity index (χ0v) is 8.70. The van der Waals surface area contributed by atoms with Crippen LogP contribution < -0.4 is 0 Å². The quantitative estimate of drug-likeness (QED) is 0.385. The van der Waals surface area contributed by atoms with Gasteiger partial charge in [-0.1, -0.05) is 32.8 Å². The van der Waals surface area contributed by atoms with Gasteiger partial charge in [0.2, 0.25) is 0 Å². The second kappa shape index (κ2) is 5.81. The molecule has 0 saturated carbocycles. The zero-order chi connectivity index (χ0) is 10.4. The van der Waals surface area contributed by atoms with Crippen molar-refractivity contribution in [2.45, 2.75) is 44.8 Å². The Hall–Kier alpha value is -0.830. The predicted octanol–water partition coefficient (Wildman–Crippen LogP) is 2.06. The Morgan fingerprint density at radius 3 is 3.00 bits per heavy atom. The third-order valence-electron chi connectivity index (χ3n) is 2.37. The van der Waals surface area contributed by atoms with Gasteiger partial charge >= 0.3 is 5.97 Å². The molecule has 14 heavy (non-hydrogen) atoms. The lowest BCUT2D eigenvalue weighted by Gasteiger charge is -2.29. The van der Waals surface area contributed by atoms with Crippen molar-refractivity contribution in [2.24, 2.45) is 0 Å². The highest BCUT2D eigenvalue weighted by Gasteiger charge is 2.28. The number of hydrogen-bond donors (Lipinski definition) is 0. The number of hydrogen-bond acceptors (Lipinski definition) is 3. The Balaban J connectivity index is 2.34. The van der Waals surface area contributed by atoms with Gasteiger partial charge in [-0.3, -0.25) is 0 Å². The van der Waals surface area contributed by atoms with Gasteiger partial charge < -0.3 is 9.47 Å². The third-order valence-corrected chi connectivity index (χ3v) is 2.37. The van der Waals surface area contributed by atoms with Crippen molar-refractivity contribution < 1.29 is 14.3 Å². The van der Waals surface area contributed by atoms with Gasteiger partial charge in [-0.05, 0) is 12.5 Å². The summed E-state index contributed by atoms with van der Waals surface area (Å²) in [6, 6.07) is 0. The molecule has 80 valence electrons. The van der Waals surface area contributed by atoms with E-state index in [2.05, 4.69) is 13.5 Å².